The third-order valence-corrected chi connectivity index (χ3v) is 2.67. The van der Waals surface area contributed by atoms with E-state index in [1.807, 2.05) is 17.9 Å². The highest BCUT2D eigenvalue weighted by molar-refractivity contribution is 7.98. The van der Waals surface area contributed by atoms with Crippen LogP contribution in [0, 0.1) is 0 Å². The molecule has 0 aliphatic heterocycles. The Morgan fingerprint density at radius 3 is 2.92 bits per heavy atom. The van der Waals surface area contributed by atoms with Crippen LogP contribution in [0.25, 0.3) is 11.2 Å². The normalized spacial score (nSPS) is 11.0. The third-order valence-electron chi connectivity index (χ3n) is 1.76. The average Bonchev–Trinajstić information content (AvgIpc) is 2.44. The van der Waals surface area contributed by atoms with Gasteiger partial charge in [-0.05, 0) is 6.26 Å². The highest BCUT2D eigenvalue weighted by Crippen LogP contribution is 2.20. The van der Waals surface area contributed by atoms with Crippen LogP contribution in [0.3, 0.4) is 0 Å². The molecule has 2 aromatic heterocycles. The van der Waals surface area contributed by atoms with Crippen LogP contribution in [-0.4, -0.2) is 26.0 Å². The molecule has 0 saturated carbocycles. The van der Waals surface area contributed by atoms with Crippen LogP contribution < -0.4 is 0 Å². The summed E-state index contributed by atoms with van der Waals surface area (Å²) in [6, 6.07) is 1.76. The molecule has 0 amide bonds. The maximum atomic E-state index is 5.72. The number of aromatic nitrogens is 4. The van der Waals surface area contributed by atoms with Crippen LogP contribution >= 0.6 is 23.4 Å². The summed E-state index contributed by atoms with van der Waals surface area (Å²) in [6.07, 6.45) is 1.97. The lowest BCUT2D eigenvalue weighted by Gasteiger charge is -1.96. The van der Waals surface area contributed by atoms with Crippen molar-refractivity contribution < 1.29 is 0 Å². The third kappa shape index (κ3) is 1.38. The summed E-state index contributed by atoms with van der Waals surface area (Å²) in [5.41, 5.74) is 1.54. The van der Waals surface area contributed by atoms with E-state index in [1.165, 1.54) is 0 Å². The van der Waals surface area contributed by atoms with Crippen molar-refractivity contribution in [1.82, 2.24) is 19.7 Å². The van der Waals surface area contributed by atoms with Gasteiger partial charge in [0.15, 0.2) is 10.3 Å². The van der Waals surface area contributed by atoms with Crippen LogP contribution in [0.2, 0.25) is 5.15 Å². The highest BCUT2D eigenvalue weighted by Gasteiger charge is 2.08. The minimum Gasteiger partial charge on any atom is -0.321 e. The van der Waals surface area contributed by atoms with E-state index < -0.39 is 0 Å². The van der Waals surface area contributed by atoms with Gasteiger partial charge in [-0.3, -0.25) is 0 Å². The maximum Gasteiger partial charge on any atom is 0.201 e. The number of thioether (sulfide) groups is 1. The Morgan fingerprint density at radius 1 is 1.46 bits per heavy atom. The Kier molecular flexibility index (Phi) is 2.13. The number of fused-ring (bicyclic) bond motifs is 1. The lowest BCUT2D eigenvalue weighted by molar-refractivity contribution is 0.816. The van der Waals surface area contributed by atoms with E-state index in [1.54, 1.807) is 17.8 Å². The molecule has 2 heterocycles. The van der Waals surface area contributed by atoms with Crippen molar-refractivity contribution >= 4 is 34.5 Å². The first-order chi connectivity index (χ1) is 6.22. The van der Waals surface area contributed by atoms with Crippen molar-refractivity contribution in [1.29, 1.82) is 0 Å². The smallest absolute Gasteiger partial charge is 0.201 e. The topological polar surface area (TPSA) is 43.6 Å². The predicted molar refractivity (Wildman–Crippen MR) is 53.1 cm³/mol. The summed E-state index contributed by atoms with van der Waals surface area (Å²) in [7, 11) is 1.93. The average molecular weight is 215 g/mol. The molecule has 0 saturated heterocycles. The van der Waals surface area contributed by atoms with E-state index in [-0.39, 0.29) is 0 Å². The molecule has 2 aromatic rings. The van der Waals surface area contributed by atoms with E-state index in [9.17, 15) is 0 Å². The van der Waals surface area contributed by atoms with Crippen LogP contribution in [-0.2, 0) is 7.05 Å². The number of imidazole rings is 1. The van der Waals surface area contributed by atoms with Gasteiger partial charge in [-0.2, -0.15) is 0 Å². The molecule has 13 heavy (non-hydrogen) atoms. The van der Waals surface area contributed by atoms with Crippen LogP contribution in [0.15, 0.2) is 11.2 Å². The molecular weight excluding hydrogens is 208 g/mol. The SMILES string of the molecule is CSc1nc2nnc(Cl)cc2n1C. The molecule has 0 bridgehead atoms. The van der Waals surface area contributed by atoms with Crippen LogP contribution in [0.1, 0.15) is 0 Å². The molecule has 0 aliphatic carbocycles. The summed E-state index contributed by atoms with van der Waals surface area (Å²) >= 11 is 7.29. The van der Waals surface area contributed by atoms with Crippen LogP contribution in [0.5, 0.6) is 0 Å². The second-order valence-corrected chi connectivity index (χ2v) is 3.69. The van der Waals surface area contributed by atoms with Crippen molar-refractivity contribution in [3.05, 3.63) is 11.2 Å². The maximum absolute atomic E-state index is 5.72. The van der Waals surface area contributed by atoms with Gasteiger partial charge < -0.3 is 4.57 Å². The molecule has 0 N–H and O–H groups in total. The van der Waals surface area contributed by atoms with E-state index in [4.69, 9.17) is 11.6 Å². The molecule has 4 nitrogen and oxygen atoms in total. The monoisotopic (exact) mass is 214 g/mol. The fraction of sp³-hybridized carbons (Fsp3) is 0.286. The van der Waals surface area contributed by atoms with Gasteiger partial charge in [-0.15, -0.1) is 10.2 Å². The first-order valence-electron chi connectivity index (χ1n) is 3.62. The zero-order valence-electron chi connectivity index (χ0n) is 7.15. The van der Waals surface area contributed by atoms with Crippen molar-refractivity contribution in [2.75, 3.05) is 6.26 Å². The molecule has 2 rings (SSSR count). The molecule has 6 heteroatoms. The lowest BCUT2D eigenvalue weighted by Crippen LogP contribution is -1.90. The zero-order chi connectivity index (χ0) is 9.42. The van der Waals surface area contributed by atoms with E-state index in [0.717, 1.165) is 10.7 Å². The summed E-state index contributed by atoms with van der Waals surface area (Å²) in [4.78, 5) is 4.27. The Bertz CT molecular complexity index is 453. The summed E-state index contributed by atoms with van der Waals surface area (Å²) in [5, 5.41) is 8.91. The first kappa shape index (κ1) is 8.77. The highest BCUT2D eigenvalue weighted by atomic mass is 35.5. The molecule has 0 unspecified atom stereocenters. The molecular formula is C7H7ClN4S. The number of rotatable bonds is 1. The second-order valence-electron chi connectivity index (χ2n) is 2.53. The largest absolute Gasteiger partial charge is 0.321 e. The molecule has 0 aromatic carbocycles. The molecule has 0 spiro atoms. The van der Waals surface area contributed by atoms with Gasteiger partial charge in [-0.1, -0.05) is 23.4 Å². The second kappa shape index (κ2) is 3.16. The first-order valence-corrected chi connectivity index (χ1v) is 5.22. The predicted octanol–water partition coefficient (Wildman–Crippen LogP) is 1.74. The zero-order valence-corrected chi connectivity index (χ0v) is 8.72. The van der Waals surface area contributed by atoms with Gasteiger partial charge in [0.25, 0.3) is 0 Å². The Labute approximate surface area is 84.3 Å². The van der Waals surface area contributed by atoms with Gasteiger partial charge in [-0.25, -0.2) is 4.98 Å². The number of hydrogen-bond donors (Lipinski definition) is 0. The van der Waals surface area contributed by atoms with Crippen LogP contribution in [0.4, 0.5) is 0 Å². The minimum atomic E-state index is 0.392. The molecule has 0 fully saturated rings. The number of nitrogens with zero attached hydrogens (tertiary/aromatic N) is 4. The molecule has 0 atom stereocenters. The Morgan fingerprint density at radius 2 is 2.23 bits per heavy atom. The van der Waals surface area contributed by atoms with Crippen molar-refractivity contribution in [2.24, 2.45) is 7.05 Å². The number of aryl methyl sites for hydroxylation is 1. The van der Waals surface area contributed by atoms with Gasteiger partial charge in [0.2, 0.25) is 5.65 Å². The fourth-order valence-corrected chi connectivity index (χ4v) is 1.82. The van der Waals surface area contributed by atoms with E-state index in [0.29, 0.717) is 10.8 Å². The van der Waals surface area contributed by atoms with Gasteiger partial charge in [0.1, 0.15) is 0 Å². The van der Waals surface area contributed by atoms with Gasteiger partial charge in [0.05, 0.1) is 5.52 Å². The van der Waals surface area contributed by atoms with E-state index >= 15 is 0 Å². The number of hydrogen-bond acceptors (Lipinski definition) is 4. The Hall–Kier alpha value is -0.810. The fourth-order valence-electron chi connectivity index (χ4n) is 1.13. The Balaban J connectivity index is 2.77. The summed E-state index contributed by atoms with van der Waals surface area (Å²) in [6.45, 7) is 0. The minimum absolute atomic E-state index is 0.392. The summed E-state index contributed by atoms with van der Waals surface area (Å²) in [5.74, 6) is 0. The molecule has 0 radical (unpaired) electrons. The van der Waals surface area contributed by atoms with Gasteiger partial charge >= 0.3 is 0 Å². The quantitative estimate of drug-likeness (QED) is 0.679. The molecule has 0 aliphatic rings. The van der Waals surface area contributed by atoms with E-state index in [2.05, 4.69) is 15.2 Å². The lowest BCUT2D eigenvalue weighted by atomic mass is 10.5. The van der Waals surface area contributed by atoms with Gasteiger partial charge in [0, 0.05) is 13.1 Å². The molecule has 68 valence electrons. The number of halogens is 1. The van der Waals surface area contributed by atoms with Crippen molar-refractivity contribution in [3.63, 3.8) is 0 Å². The van der Waals surface area contributed by atoms with Crippen molar-refractivity contribution in [2.45, 2.75) is 5.16 Å². The van der Waals surface area contributed by atoms with Crippen molar-refractivity contribution in [3.8, 4) is 0 Å². The summed E-state index contributed by atoms with van der Waals surface area (Å²) < 4.78 is 1.94. The standard InChI is InChI=1S/C7H7ClN4S/c1-12-4-3-5(8)10-11-6(4)9-7(12)13-2/h3H,1-2H3.